The molecule has 23 heavy (non-hydrogen) atoms. The molecule has 2 aromatic carbocycles. The number of para-hydroxylation sites is 1. The van der Waals surface area contributed by atoms with Gasteiger partial charge in [-0.2, -0.15) is 8.78 Å². The van der Waals surface area contributed by atoms with Crippen molar-refractivity contribution >= 4 is 5.91 Å². The zero-order valence-electron chi connectivity index (χ0n) is 12.0. The Morgan fingerprint density at radius 2 is 1.65 bits per heavy atom. The van der Waals surface area contributed by atoms with Crippen LogP contribution in [-0.4, -0.2) is 12.5 Å². The fraction of sp³-hybridized carbons (Fsp3) is 0.188. The molecule has 0 bridgehead atoms. The largest absolute Gasteiger partial charge is 0.434 e. The van der Waals surface area contributed by atoms with Gasteiger partial charge in [0, 0.05) is 5.56 Å². The Hall–Kier alpha value is -2.57. The number of ether oxygens (including phenoxy) is 1. The molecule has 3 nitrogen and oxygen atoms in total. The number of rotatable bonds is 5. The van der Waals surface area contributed by atoms with Gasteiger partial charge in [0.1, 0.15) is 17.4 Å². The smallest absolute Gasteiger partial charge is 0.387 e. The summed E-state index contributed by atoms with van der Waals surface area (Å²) in [6.07, 6.45) is 0. The van der Waals surface area contributed by atoms with Gasteiger partial charge in [0.25, 0.3) is 5.91 Å². The first-order valence-corrected chi connectivity index (χ1v) is 6.68. The van der Waals surface area contributed by atoms with Crippen molar-refractivity contribution in [3.63, 3.8) is 0 Å². The number of nitrogens with one attached hydrogen (secondary N) is 1. The zero-order valence-corrected chi connectivity index (χ0v) is 12.0. The molecule has 0 saturated heterocycles. The van der Waals surface area contributed by atoms with E-state index in [4.69, 9.17) is 0 Å². The molecule has 1 N–H and O–H groups in total. The van der Waals surface area contributed by atoms with Crippen LogP contribution in [0.25, 0.3) is 0 Å². The molecule has 1 amide bonds. The Bertz CT molecular complexity index is 686. The minimum atomic E-state index is -3.09. The average Bonchev–Trinajstić information content (AvgIpc) is 2.46. The van der Waals surface area contributed by atoms with Crippen molar-refractivity contribution in [2.24, 2.45) is 0 Å². The van der Waals surface area contributed by atoms with E-state index >= 15 is 0 Å². The lowest BCUT2D eigenvalue weighted by molar-refractivity contribution is -0.0501. The van der Waals surface area contributed by atoms with Crippen LogP contribution in [0.1, 0.15) is 28.9 Å². The van der Waals surface area contributed by atoms with Crippen LogP contribution >= 0.6 is 0 Å². The summed E-state index contributed by atoms with van der Waals surface area (Å²) in [6, 6.07) is 7.70. The normalized spacial score (nSPS) is 12.1. The van der Waals surface area contributed by atoms with Crippen LogP contribution in [0, 0.1) is 11.6 Å². The molecule has 0 aliphatic carbocycles. The molecule has 0 aliphatic heterocycles. The van der Waals surface area contributed by atoms with E-state index in [1.165, 1.54) is 37.3 Å². The molecule has 0 aromatic heterocycles. The van der Waals surface area contributed by atoms with Gasteiger partial charge in [0.2, 0.25) is 0 Å². The van der Waals surface area contributed by atoms with Crippen LogP contribution in [-0.2, 0) is 0 Å². The summed E-state index contributed by atoms with van der Waals surface area (Å²) in [5.74, 6) is -2.72. The number of hydrogen-bond acceptors (Lipinski definition) is 2. The highest BCUT2D eigenvalue weighted by Crippen LogP contribution is 2.23. The van der Waals surface area contributed by atoms with Gasteiger partial charge in [-0.3, -0.25) is 4.79 Å². The van der Waals surface area contributed by atoms with Crippen LogP contribution in [0.15, 0.2) is 42.5 Å². The third kappa shape index (κ3) is 4.00. The van der Waals surface area contributed by atoms with E-state index in [0.717, 1.165) is 12.1 Å². The van der Waals surface area contributed by atoms with Crippen LogP contribution in [0.2, 0.25) is 0 Å². The van der Waals surface area contributed by atoms with Gasteiger partial charge in [0.05, 0.1) is 11.6 Å². The van der Waals surface area contributed by atoms with E-state index in [9.17, 15) is 22.4 Å². The quantitative estimate of drug-likeness (QED) is 0.841. The van der Waals surface area contributed by atoms with E-state index in [-0.39, 0.29) is 16.9 Å². The van der Waals surface area contributed by atoms with Crippen molar-refractivity contribution < 1.29 is 27.1 Å². The maximum atomic E-state index is 13.7. The summed E-state index contributed by atoms with van der Waals surface area (Å²) in [5, 5.41) is 2.36. The first-order valence-electron chi connectivity index (χ1n) is 6.68. The summed E-state index contributed by atoms with van der Waals surface area (Å²) in [5.41, 5.74) is -0.468. The number of carbonyl (C=O) groups excluding carboxylic acids is 1. The van der Waals surface area contributed by atoms with E-state index in [0.29, 0.717) is 0 Å². The summed E-state index contributed by atoms with van der Waals surface area (Å²) < 4.78 is 56.3. The van der Waals surface area contributed by atoms with Gasteiger partial charge in [-0.15, -0.1) is 0 Å². The van der Waals surface area contributed by atoms with Crippen molar-refractivity contribution in [1.29, 1.82) is 0 Å². The Morgan fingerprint density at radius 3 is 2.26 bits per heavy atom. The van der Waals surface area contributed by atoms with E-state index < -0.39 is 30.2 Å². The van der Waals surface area contributed by atoms with Gasteiger partial charge in [-0.25, -0.2) is 8.78 Å². The Morgan fingerprint density at radius 1 is 1.04 bits per heavy atom. The molecule has 7 heteroatoms. The van der Waals surface area contributed by atoms with Crippen molar-refractivity contribution in [3.05, 3.63) is 65.2 Å². The highest BCUT2D eigenvalue weighted by molar-refractivity contribution is 5.97. The lowest BCUT2D eigenvalue weighted by atomic mass is 10.1. The third-order valence-electron chi connectivity index (χ3n) is 3.13. The molecule has 122 valence electrons. The van der Waals surface area contributed by atoms with Gasteiger partial charge in [-0.05, 0) is 31.2 Å². The maximum Gasteiger partial charge on any atom is 0.387 e. The lowest BCUT2D eigenvalue weighted by Gasteiger charge is -2.17. The van der Waals surface area contributed by atoms with Crippen LogP contribution in [0.4, 0.5) is 17.6 Å². The molecule has 0 saturated carbocycles. The average molecular weight is 327 g/mol. The first-order chi connectivity index (χ1) is 10.9. The van der Waals surface area contributed by atoms with Crippen molar-refractivity contribution in [3.8, 4) is 5.75 Å². The minimum absolute atomic E-state index is 0.156. The van der Waals surface area contributed by atoms with Crippen LogP contribution in [0.5, 0.6) is 5.75 Å². The Kier molecular flexibility index (Phi) is 5.20. The number of benzene rings is 2. The molecule has 2 rings (SSSR count). The number of hydrogen-bond donors (Lipinski definition) is 1. The Labute approximate surface area is 129 Å². The molecular weight excluding hydrogens is 314 g/mol. The monoisotopic (exact) mass is 327 g/mol. The number of carbonyl (C=O) groups is 1. The van der Waals surface area contributed by atoms with Crippen molar-refractivity contribution in [2.45, 2.75) is 19.6 Å². The second-order valence-electron chi connectivity index (χ2n) is 4.71. The SMILES string of the molecule is CC(NC(=O)c1ccccc1OC(F)F)c1c(F)cccc1F. The Balaban J connectivity index is 2.22. The summed E-state index contributed by atoms with van der Waals surface area (Å²) >= 11 is 0. The molecule has 1 unspecified atom stereocenters. The predicted octanol–water partition coefficient (Wildman–Crippen LogP) is 4.06. The van der Waals surface area contributed by atoms with Gasteiger partial charge >= 0.3 is 6.61 Å². The summed E-state index contributed by atoms with van der Waals surface area (Å²) in [4.78, 5) is 12.2. The van der Waals surface area contributed by atoms with Crippen molar-refractivity contribution in [2.75, 3.05) is 0 Å². The first kappa shape index (κ1) is 16.8. The van der Waals surface area contributed by atoms with Gasteiger partial charge in [0.15, 0.2) is 0 Å². The third-order valence-corrected chi connectivity index (χ3v) is 3.13. The lowest BCUT2D eigenvalue weighted by Crippen LogP contribution is -2.28. The maximum absolute atomic E-state index is 13.7. The van der Waals surface area contributed by atoms with E-state index in [1.807, 2.05) is 0 Å². The molecule has 1 atom stereocenters. The van der Waals surface area contributed by atoms with E-state index in [2.05, 4.69) is 10.1 Å². The molecule has 0 spiro atoms. The van der Waals surface area contributed by atoms with Crippen LogP contribution < -0.4 is 10.1 Å². The van der Waals surface area contributed by atoms with E-state index in [1.54, 1.807) is 0 Å². The fourth-order valence-electron chi connectivity index (χ4n) is 2.12. The number of amides is 1. The molecule has 0 heterocycles. The molecule has 0 radical (unpaired) electrons. The second-order valence-corrected chi connectivity index (χ2v) is 4.71. The highest BCUT2D eigenvalue weighted by Gasteiger charge is 2.21. The number of alkyl halides is 2. The zero-order chi connectivity index (χ0) is 17.0. The second kappa shape index (κ2) is 7.13. The predicted molar refractivity (Wildman–Crippen MR) is 75.3 cm³/mol. The molecule has 0 fully saturated rings. The topological polar surface area (TPSA) is 38.3 Å². The summed E-state index contributed by atoms with van der Waals surface area (Å²) in [6.45, 7) is -1.71. The van der Waals surface area contributed by atoms with Gasteiger partial charge in [-0.1, -0.05) is 18.2 Å². The fourth-order valence-corrected chi connectivity index (χ4v) is 2.12. The number of halogens is 4. The summed E-state index contributed by atoms with van der Waals surface area (Å²) in [7, 11) is 0. The minimum Gasteiger partial charge on any atom is -0.434 e. The van der Waals surface area contributed by atoms with Crippen molar-refractivity contribution in [1.82, 2.24) is 5.32 Å². The van der Waals surface area contributed by atoms with Gasteiger partial charge < -0.3 is 10.1 Å². The standard InChI is InChI=1S/C16H13F4NO2/c1-9(14-11(17)6-4-7-12(14)18)21-15(22)10-5-2-3-8-13(10)23-16(19)20/h2-9,16H,1H3,(H,21,22). The molecule has 2 aromatic rings. The molecule has 0 aliphatic rings. The molecular formula is C16H13F4NO2. The van der Waals surface area contributed by atoms with Crippen LogP contribution in [0.3, 0.4) is 0 Å². The highest BCUT2D eigenvalue weighted by atomic mass is 19.3.